The maximum absolute atomic E-state index is 13.2. The van der Waals surface area contributed by atoms with Gasteiger partial charge in [-0.3, -0.25) is 4.90 Å². The van der Waals surface area contributed by atoms with Crippen LogP contribution in [0.3, 0.4) is 0 Å². The summed E-state index contributed by atoms with van der Waals surface area (Å²) >= 11 is 0. The lowest BCUT2D eigenvalue weighted by molar-refractivity contribution is -0.266. The first kappa shape index (κ1) is 20.8. The number of nitrogens with zero attached hydrogens (tertiary/aromatic N) is 1. The summed E-state index contributed by atoms with van der Waals surface area (Å²) in [6, 6.07) is 4.18. The highest BCUT2D eigenvalue weighted by atomic mass is 19.4. The standard InChI is InChI=1S/C16H20F3NO5/c1-5-20(14(22)25-10(2)3)12-8-6-11(7-9-12)15(23,13(21)24-4)16(17,18)19/h6-10,23H,5H2,1-4H3. The van der Waals surface area contributed by atoms with Crippen molar-refractivity contribution < 1.29 is 37.3 Å². The van der Waals surface area contributed by atoms with E-state index in [0.717, 1.165) is 19.2 Å². The summed E-state index contributed by atoms with van der Waals surface area (Å²) in [6.45, 7) is 5.20. The number of anilines is 1. The second-order valence-corrected chi connectivity index (χ2v) is 5.42. The first-order chi connectivity index (χ1) is 11.5. The molecule has 1 atom stereocenters. The van der Waals surface area contributed by atoms with Gasteiger partial charge in [-0.25, -0.2) is 9.59 Å². The molecule has 0 fully saturated rings. The minimum Gasteiger partial charge on any atom is -0.466 e. The van der Waals surface area contributed by atoms with Crippen LogP contribution in [0.25, 0.3) is 0 Å². The molecule has 0 saturated heterocycles. The number of methoxy groups -OCH3 is 1. The Morgan fingerprint density at radius 1 is 1.20 bits per heavy atom. The van der Waals surface area contributed by atoms with Gasteiger partial charge >= 0.3 is 18.2 Å². The lowest BCUT2D eigenvalue weighted by Gasteiger charge is -2.28. The molecule has 1 aromatic rings. The summed E-state index contributed by atoms with van der Waals surface area (Å²) in [4.78, 5) is 24.7. The van der Waals surface area contributed by atoms with Crippen molar-refractivity contribution in [3.8, 4) is 0 Å². The number of benzene rings is 1. The third-order valence-electron chi connectivity index (χ3n) is 3.36. The number of alkyl halides is 3. The Bertz CT molecular complexity index is 615. The van der Waals surface area contributed by atoms with Crippen LogP contribution in [0.2, 0.25) is 0 Å². The molecule has 1 amide bonds. The molecule has 9 heteroatoms. The summed E-state index contributed by atoms with van der Waals surface area (Å²) in [5, 5.41) is 9.90. The lowest BCUT2D eigenvalue weighted by atomic mass is 9.93. The number of hydrogen-bond acceptors (Lipinski definition) is 5. The second kappa shape index (κ2) is 7.73. The number of carbonyl (C=O) groups excluding carboxylic acids is 2. The number of amides is 1. The molecule has 0 aliphatic carbocycles. The van der Waals surface area contributed by atoms with Crippen LogP contribution < -0.4 is 4.90 Å². The van der Waals surface area contributed by atoms with E-state index in [1.54, 1.807) is 20.8 Å². The molecule has 0 aliphatic heterocycles. The first-order valence-electron chi connectivity index (χ1n) is 7.45. The van der Waals surface area contributed by atoms with Crippen molar-refractivity contribution in [2.75, 3.05) is 18.6 Å². The minimum atomic E-state index is -5.28. The fourth-order valence-electron chi connectivity index (χ4n) is 2.11. The largest absolute Gasteiger partial charge is 0.466 e. The molecule has 6 nitrogen and oxygen atoms in total. The number of esters is 1. The molecule has 0 spiro atoms. The van der Waals surface area contributed by atoms with Gasteiger partial charge in [0.15, 0.2) is 0 Å². The molecular weight excluding hydrogens is 343 g/mol. The van der Waals surface area contributed by atoms with E-state index >= 15 is 0 Å². The summed E-state index contributed by atoms with van der Waals surface area (Å²) in [7, 11) is 0.744. The maximum atomic E-state index is 13.2. The zero-order chi connectivity index (χ0) is 19.4. The van der Waals surface area contributed by atoms with Crippen LogP contribution in [-0.2, 0) is 19.9 Å². The third kappa shape index (κ3) is 4.22. The van der Waals surface area contributed by atoms with Crippen molar-refractivity contribution in [3.63, 3.8) is 0 Å². The van der Waals surface area contributed by atoms with E-state index in [9.17, 15) is 27.9 Å². The van der Waals surface area contributed by atoms with Crippen LogP contribution in [0.4, 0.5) is 23.7 Å². The van der Waals surface area contributed by atoms with Gasteiger partial charge in [-0.1, -0.05) is 12.1 Å². The van der Waals surface area contributed by atoms with E-state index in [1.807, 2.05) is 0 Å². The van der Waals surface area contributed by atoms with E-state index in [4.69, 9.17) is 4.74 Å². The van der Waals surface area contributed by atoms with Crippen LogP contribution in [0.15, 0.2) is 24.3 Å². The van der Waals surface area contributed by atoms with E-state index in [0.29, 0.717) is 0 Å². The summed E-state index contributed by atoms with van der Waals surface area (Å²) in [6.07, 6.45) is -6.30. The van der Waals surface area contributed by atoms with Crippen molar-refractivity contribution in [2.24, 2.45) is 0 Å². The zero-order valence-electron chi connectivity index (χ0n) is 14.3. The smallest absolute Gasteiger partial charge is 0.432 e. The first-order valence-corrected chi connectivity index (χ1v) is 7.45. The van der Waals surface area contributed by atoms with Crippen LogP contribution in [0.1, 0.15) is 26.3 Å². The van der Waals surface area contributed by atoms with Crippen molar-refractivity contribution in [2.45, 2.75) is 38.7 Å². The third-order valence-corrected chi connectivity index (χ3v) is 3.36. The van der Waals surface area contributed by atoms with Gasteiger partial charge in [-0.2, -0.15) is 13.2 Å². The lowest BCUT2D eigenvalue weighted by Crippen LogP contribution is -2.49. The van der Waals surface area contributed by atoms with Gasteiger partial charge in [-0.15, -0.1) is 0 Å². The molecular formula is C16H20F3NO5. The van der Waals surface area contributed by atoms with Crippen molar-refractivity contribution in [1.82, 2.24) is 0 Å². The monoisotopic (exact) mass is 363 g/mol. The zero-order valence-corrected chi connectivity index (χ0v) is 14.3. The molecule has 0 radical (unpaired) electrons. The van der Waals surface area contributed by atoms with Crippen LogP contribution in [0.5, 0.6) is 0 Å². The Hall–Kier alpha value is -2.29. The van der Waals surface area contributed by atoms with Gasteiger partial charge in [0.1, 0.15) is 0 Å². The number of aliphatic hydroxyl groups is 1. The molecule has 0 heterocycles. The summed E-state index contributed by atoms with van der Waals surface area (Å²) in [5.41, 5.74) is -4.26. The molecule has 140 valence electrons. The van der Waals surface area contributed by atoms with E-state index in [1.165, 1.54) is 17.0 Å². The molecule has 0 aliphatic rings. The minimum absolute atomic E-state index is 0.214. The molecule has 0 saturated carbocycles. The van der Waals surface area contributed by atoms with Crippen molar-refractivity contribution >= 4 is 17.7 Å². The van der Waals surface area contributed by atoms with Crippen LogP contribution in [-0.4, -0.2) is 43.1 Å². The second-order valence-electron chi connectivity index (χ2n) is 5.42. The predicted molar refractivity (Wildman–Crippen MR) is 83.0 cm³/mol. The topological polar surface area (TPSA) is 76.1 Å². The van der Waals surface area contributed by atoms with E-state index in [-0.39, 0.29) is 18.3 Å². The summed E-state index contributed by atoms with van der Waals surface area (Å²) in [5.74, 6) is -1.85. The normalized spacial score (nSPS) is 14.0. The average molecular weight is 363 g/mol. The molecule has 1 unspecified atom stereocenters. The maximum Gasteiger partial charge on any atom is 0.432 e. The molecule has 0 aromatic heterocycles. The van der Waals surface area contributed by atoms with E-state index < -0.39 is 29.4 Å². The Labute approximate surface area is 143 Å². The van der Waals surface area contributed by atoms with Gasteiger partial charge in [0.25, 0.3) is 5.60 Å². The SMILES string of the molecule is CCN(C(=O)OC(C)C)c1ccc(C(O)(C(=O)OC)C(F)(F)F)cc1. The molecule has 1 aromatic carbocycles. The Kier molecular flexibility index (Phi) is 6.42. The fourth-order valence-corrected chi connectivity index (χ4v) is 2.11. The number of rotatable bonds is 5. The number of ether oxygens (including phenoxy) is 2. The number of halogens is 3. The van der Waals surface area contributed by atoms with Gasteiger partial charge in [-0.05, 0) is 32.9 Å². The van der Waals surface area contributed by atoms with Crippen molar-refractivity contribution in [1.29, 1.82) is 0 Å². The van der Waals surface area contributed by atoms with Crippen molar-refractivity contribution in [3.05, 3.63) is 29.8 Å². The van der Waals surface area contributed by atoms with Crippen LogP contribution >= 0.6 is 0 Å². The number of carbonyl (C=O) groups is 2. The fraction of sp³-hybridized carbons (Fsp3) is 0.500. The van der Waals surface area contributed by atoms with Crippen LogP contribution in [0, 0.1) is 0 Å². The molecule has 1 N–H and O–H groups in total. The Morgan fingerprint density at radius 3 is 2.08 bits per heavy atom. The van der Waals surface area contributed by atoms with E-state index in [2.05, 4.69) is 4.74 Å². The highest BCUT2D eigenvalue weighted by Gasteiger charge is 2.62. The molecule has 25 heavy (non-hydrogen) atoms. The highest BCUT2D eigenvalue weighted by molar-refractivity contribution is 5.88. The highest BCUT2D eigenvalue weighted by Crippen LogP contribution is 2.40. The molecule has 0 bridgehead atoms. The Balaban J connectivity index is 3.23. The molecule has 1 rings (SSSR count). The van der Waals surface area contributed by atoms with Gasteiger partial charge in [0, 0.05) is 17.8 Å². The number of hydrogen-bond donors (Lipinski definition) is 1. The quantitative estimate of drug-likeness (QED) is 0.814. The van der Waals surface area contributed by atoms with Gasteiger partial charge in [0.2, 0.25) is 0 Å². The predicted octanol–water partition coefficient (Wildman–Crippen LogP) is 2.98. The van der Waals surface area contributed by atoms with Gasteiger partial charge < -0.3 is 14.6 Å². The average Bonchev–Trinajstić information content (AvgIpc) is 2.52. The van der Waals surface area contributed by atoms with Gasteiger partial charge in [0.05, 0.1) is 13.2 Å². The Morgan fingerprint density at radius 2 is 1.72 bits per heavy atom. The summed E-state index contributed by atoms with van der Waals surface area (Å²) < 4.78 is 48.7.